The van der Waals surface area contributed by atoms with Crippen molar-refractivity contribution in [1.29, 1.82) is 0 Å². The van der Waals surface area contributed by atoms with Crippen LogP contribution in [0.5, 0.6) is 0 Å². The zero-order chi connectivity index (χ0) is 47.1. The Morgan fingerprint density at radius 3 is 1.63 bits per heavy atom. The molecular formula is C68H47NOSi. The molecule has 0 N–H and O–H groups in total. The number of fused-ring (bicyclic) bond motifs is 9. The molecule has 12 aromatic rings. The van der Waals surface area contributed by atoms with Crippen LogP contribution in [0, 0.1) is 0 Å². The van der Waals surface area contributed by atoms with Crippen molar-refractivity contribution in [3.8, 4) is 44.5 Å². The van der Waals surface area contributed by atoms with Crippen molar-refractivity contribution >= 4 is 67.8 Å². The van der Waals surface area contributed by atoms with Crippen molar-refractivity contribution in [1.82, 2.24) is 0 Å². The number of rotatable bonds is 8. The average Bonchev–Trinajstić information content (AvgIpc) is 4.07. The number of nitrogens with zero attached hydrogens (tertiary/aromatic N) is 1. The van der Waals surface area contributed by atoms with Gasteiger partial charge in [0.2, 0.25) is 0 Å². The molecule has 0 bridgehead atoms. The Kier molecular flexibility index (Phi) is 9.39. The summed E-state index contributed by atoms with van der Waals surface area (Å²) in [6.45, 7) is 2.40. The molecule has 1 atom stereocenters. The van der Waals surface area contributed by atoms with Crippen LogP contribution in [0.1, 0.15) is 23.6 Å². The quantitative estimate of drug-likeness (QED) is 0.141. The molecule has 2 nitrogen and oxygen atoms in total. The van der Waals surface area contributed by atoms with Crippen molar-refractivity contribution in [2.45, 2.75) is 12.3 Å². The summed E-state index contributed by atoms with van der Waals surface area (Å²) in [7, 11) is -2.72. The van der Waals surface area contributed by atoms with Gasteiger partial charge in [-0.1, -0.05) is 218 Å². The molecule has 1 unspecified atom stereocenters. The fraction of sp³-hybridized carbons (Fsp3) is 0.0294. The minimum Gasteiger partial charge on any atom is -0.456 e. The van der Waals surface area contributed by atoms with E-state index in [-0.39, 0.29) is 5.41 Å². The number of para-hydroxylation sites is 1. The maximum atomic E-state index is 6.42. The molecule has 1 aliphatic carbocycles. The first-order chi connectivity index (χ1) is 35.1. The second-order valence-corrected chi connectivity index (χ2v) is 23.0. The highest BCUT2D eigenvalue weighted by molar-refractivity contribution is 7.22. The summed E-state index contributed by atoms with van der Waals surface area (Å²) >= 11 is 0. The SMILES string of the molecule is CC1(c2ccccc2)c2ccccc2-c2ccc(N(c3ccc(-c4cccc([Si]5(c6ccccc6)c6ccccc6-c6ccccc65)c4)c(-c4ccccc4)c3)c3ccc4oc5ccccc5c4c3)cc21. The lowest BCUT2D eigenvalue weighted by molar-refractivity contribution is 0.669. The fourth-order valence-electron chi connectivity index (χ4n) is 12.4. The third-order valence-corrected chi connectivity index (χ3v) is 20.5. The molecule has 334 valence electrons. The van der Waals surface area contributed by atoms with Crippen LogP contribution in [0.25, 0.3) is 66.4 Å². The van der Waals surface area contributed by atoms with E-state index in [0.717, 1.165) is 39.0 Å². The molecule has 1 aliphatic heterocycles. The molecule has 14 rings (SSSR count). The van der Waals surface area contributed by atoms with E-state index in [0.29, 0.717) is 0 Å². The summed E-state index contributed by atoms with van der Waals surface area (Å²) in [5, 5.41) is 7.87. The van der Waals surface area contributed by atoms with Gasteiger partial charge in [-0.05, 0) is 137 Å². The van der Waals surface area contributed by atoms with Gasteiger partial charge in [-0.15, -0.1) is 0 Å². The predicted molar refractivity (Wildman–Crippen MR) is 299 cm³/mol. The first-order valence-electron chi connectivity index (χ1n) is 24.7. The van der Waals surface area contributed by atoms with E-state index in [9.17, 15) is 0 Å². The van der Waals surface area contributed by atoms with Gasteiger partial charge in [0.15, 0.2) is 8.07 Å². The van der Waals surface area contributed by atoms with E-state index in [2.05, 4.69) is 273 Å². The van der Waals surface area contributed by atoms with E-state index in [4.69, 9.17) is 4.42 Å². The molecule has 0 radical (unpaired) electrons. The van der Waals surface area contributed by atoms with Gasteiger partial charge in [0.05, 0.1) is 0 Å². The van der Waals surface area contributed by atoms with E-state index < -0.39 is 8.07 Å². The topological polar surface area (TPSA) is 16.4 Å². The Labute approximate surface area is 415 Å². The predicted octanol–water partition coefficient (Wildman–Crippen LogP) is 15.1. The van der Waals surface area contributed by atoms with Gasteiger partial charge in [-0.2, -0.15) is 0 Å². The zero-order valence-electron chi connectivity index (χ0n) is 39.3. The standard InChI is InChI=1S/C68H47NOSi/c1-68(48-23-7-3-8-24-48)62-32-15-11-28-55(62)56-40-37-51(45-63(56)68)69(50-38-41-65-61(44-50)57-29-12-16-33-64(57)70-65)49-36-39-54(60(43-49)46-20-5-2-6-21-46)47-22-19-27-53(42-47)71(52-25-9-4-10-26-52)66-34-17-13-30-58(66)59-31-14-18-35-67(59)71/h2-45H,1H3. The number of hydrogen-bond acceptors (Lipinski definition) is 2. The molecule has 2 heterocycles. The Hall–Kier alpha value is -8.76. The molecule has 2 aliphatic rings. The molecule has 0 fully saturated rings. The molecule has 1 aromatic heterocycles. The first kappa shape index (κ1) is 41.2. The third kappa shape index (κ3) is 6.20. The minimum atomic E-state index is -2.72. The van der Waals surface area contributed by atoms with Gasteiger partial charge >= 0.3 is 0 Å². The smallest absolute Gasteiger partial charge is 0.180 e. The zero-order valence-corrected chi connectivity index (χ0v) is 40.3. The molecular weight excluding hydrogens is 875 g/mol. The van der Waals surface area contributed by atoms with Crippen molar-refractivity contribution in [3.05, 3.63) is 284 Å². The molecule has 0 saturated heterocycles. The highest BCUT2D eigenvalue weighted by Gasteiger charge is 2.48. The van der Waals surface area contributed by atoms with Gasteiger partial charge in [0, 0.05) is 33.2 Å². The normalized spacial score (nSPS) is 15.0. The lowest BCUT2D eigenvalue weighted by atomic mass is 9.74. The van der Waals surface area contributed by atoms with E-state index in [1.807, 2.05) is 6.07 Å². The van der Waals surface area contributed by atoms with Gasteiger partial charge in [-0.3, -0.25) is 0 Å². The second-order valence-electron chi connectivity index (χ2n) is 19.3. The second kappa shape index (κ2) is 16.2. The summed E-state index contributed by atoms with van der Waals surface area (Å²) in [4.78, 5) is 2.45. The number of hydrogen-bond donors (Lipinski definition) is 0. The molecule has 3 heteroatoms. The molecule has 71 heavy (non-hydrogen) atoms. The van der Waals surface area contributed by atoms with Crippen molar-refractivity contribution in [3.63, 3.8) is 0 Å². The van der Waals surface area contributed by atoms with Gasteiger partial charge < -0.3 is 9.32 Å². The summed E-state index contributed by atoms with van der Waals surface area (Å²) in [5.74, 6) is 0. The van der Waals surface area contributed by atoms with Crippen LogP contribution in [0.3, 0.4) is 0 Å². The number of anilines is 3. The minimum absolute atomic E-state index is 0.357. The van der Waals surface area contributed by atoms with E-state index in [1.54, 1.807) is 0 Å². The molecule has 0 spiro atoms. The van der Waals surface area contributed by atoms with Gasteiger partial charge in [0.25, 0.3) is 0 Å². The summed E-state index contributed by atoms with van der Waals surface area (Å²) in [5.41, 5.74) is 18.5. The molecule has 11 aromatic carbocycles. The number of benzene rings is 11. The van der Waals surface area contributed by atoms with Crippen molar-refractivity contribution in [2.75, 3.05) is 4.90 Å². The lowest BCUT2D eigenvalue weighted by Crippen LogP contribution is -2.72. The Bertz CT molecular complexity index is 3980. The van der Waals surface area contributed by atoms with Crippen LogP contribution in [-0.4, -0.2) is 8.07 Å². The van der Waals surface area contributed by atoms with Crippen LogP contribution in [0.2, 0.25) is 0 Å². The van der Waals surface area contributed by atoms with Crippen LogP contribution in [-0.2, 0) is 5.41 Å². The highest BCUT2D eigenvalue weighted by Crippen LogP contribution is 2.54. The van der Waals surface area contributed by atoms with Crippen molar-refractivity contribution in [2.24, 2.45) is 0 Å². The number of furan rings is 1. The van der Waals surface area contributed by atoms with Gasteiger partial charge in [0.1, 0.15) is 11.2 Å². The summed E-state index contributed by atoms with van der Waals surface area (Å²) in [6.07, 6.45) is 0. The van der Waals surface area contributed by atoms with Crippen LogP contribution in [0.4, 0.5) is 17.1 Å². The van der Waals surface area contributed by atoms with Gasteiger partial charge in [-0.25, -0.2) is 0 Å². The average molecular weight is 922 g/mol. The monoisotopic (exact) mass is 921 g/mol. The Morgan fingerprint density at radius 2 is 0.873 bits per heavy atom. The maximum absolute atomic E-state index is 6.42. The third-order valence-electron chi connectivity index (χ3n) is 15.6. The lowest BCUT2D eigenvalue weighted by Gasteiger charge is -2.32. The fourth-order valence-corrected chi connectivity index (χ4v) is 17.6. The highest BCUT2D eigenvalue weighted by atomic mass is 28.3. The van der Waals surface area contributed by atoms with Crippen LogP contribution in [0.15, 0.2) is 271 Å². The molecule has 0 saturated carbocycles. The summed E-state index contributed by atoms with van der Waals surface area (Å²) in [6, 6.07) is 99.2. The molecule has 0 amide bonds. The largest absolute Gasteiger partial charge is 0.456 e. The summed E-state index contributed by atoms with van der Waals surface area (Å²) < 4.78 is 6.42. The van der Waals surface area contributed by atoms with E-state index >= 15 is 0 Å². The van der Waals surface area contributed by atoms with Crippen LogP contribution < -0.4 is 25.6 Å². The maximum Gasteiger partial charge on any atom is 0.180 e. The Balaban J connectivity index is 0.989. The first-order valence-corrected chi connectivity index (χ1v) is 26.7. The Morgan fingerprint density at radius 1 is 0.338 bits per heavy atom. The van der Waals surface area contributed by atoms with Crippen LogP contribution >= 0.6 is 0 Å². The van der Waals surface area contributed by atoms with Crippen molar-refractivity contribution < 1.29 is 4.42 Å². The van der Waals surface area contributed by atoms with E-state index in [1.165, 1.54) is 81.9 Å².